The van der Waals surface area contributed by atoms with Crippen molar-refractivity contribution in [2.45, 2.75) is 52.0 Å². The van der Waals surface area contributed by atoms with Gasteiger partial charge < -0.3 is 14.4 Å². The second kappa shape index (κ2) is 8.34. The number of benzene rings is 1. The summed E-state index contributed by atoms with van der Waals surface area (Å²) in [5.41, 5.74) is 1.03. The molecule has 0 radical (unpaired) electrons. The van der Waals surface area contributed by atoms with Gasteiger partial charge in [-0.15, -0.1) is 0 Å². The zero-order chi connectivity index (χ0) is 17.6. The number of Topliss-reactive ketones (excluding diaryl/α,β-unsaturated/α-hetero) is 1. The molecule has 23 heavy (non-hydrogen) atoms. The monoisotopic (exact) mass is 321 g/mol. The van der Waals surface area contributed by atoms with Crippen LogP contribution in [0.5, 0.6) is 11.5 Å². The highest BCUT2D eigenvalue weighted by atomic mass is 16.5. The number of ether oxygens (including phenoxy) is 2. The third-order valence-corrected chi connectivity index (χ3v) is 5.02. The van der Waals surface area contributed by atoms with E-state index in [9.17, 15) is 4.79 Å². The van der Waals surface area contributed by atoms with Crippen LogP contribution < -0.4 is 9.47 Å². The molecule has 1 unspecified atom stereocenters. The predicted octanol–water partition coefficient (Wildman–Crippen LogP) is 3.67. The second-order valence-electron chi connectivity index (χ2n) is 6.34. The van der Waals surface area contributed by atoms with Gasteiger partial charge >= 0.3 is 0 Å². The Balaban J connectivity index is 3.37. The highest BCUT2D eigenvalue weighted by Crippen LogP contribution is 2.39. The number of hydrogen-bond donors (Lipinski definition) is 0. The molecule has 0 aliphatic rings. The molecular formula is C19H31NO3. The molecular weight excluding hydrogens is 290 g/mol. The molecule has 4 nitrogen and oxygen atoms in total. The lowest BCUT2D eigenvalue weighted by Gasteiger charge is -2.42. The van der Waals surface area contributed by atoms with Crippen molar-refractivity contribution < 1.29 is 14.3 Å². The lowest BCUT2D eigenvalue weighted by molar-refractivity contribution is -0.118. The molecule has 0 bridgehead atoms. The van der Waals surface area contributed by atoms with Crippen molar-refractivity contribution in [3.63, 3.8) is 0 Å². The summed E-state index contributed by atoms with van der Waals surface area (Å²) in [6.07, 6.45) is 1.48. The smallest absolute Gasteiger partial charge is 0.161 e. The normalized spacial score (nSPS) is 15.1. The quantitative estimate of drug-likeness (QED) is 0.695. The van der Waals surface area contributed by atoms with Crippen molar-refractivity contribution in [3.8, 4) is 11.5 Å². The first kappa shape index (κ1) is 19.5. The molecule has 0 aliphatic carbocycles. The van der Waals surface area contributed by atoms with Gasteiger partial charge in [0.05, 0.1) is 14.2 Å². The summed E-state index contributed by atoms with van der Waals surface area (Å²) in [6.45, 7) is 9.10. The Bertz CT molecular complexity index is 529. The molecule has 4 heteroatoms. The van der Waals surface area contributed by atoms with Crippen molar-refractivity contribution in [1.29, 1.82) is 0 Å². The minimum absolute atomic E-state index is 0.143. The molecule has 1 aromatic rings. The maximum atomic E-state index is 11.8. The molecule has 0 aromatic heterocycles. The maximum absolute atomic E-state index is 11.8. The summed E-state index contributed by atoms with van der Waals surface area (Å²) in [4.78, 5) is 14.1. The van der Waals surface area contributed by atoms with E-state index in [1.54, 1.807) is 21.1 Å². The van der Waals surface area contributed by atoms with Gasteiger partial charge in [-0.25, -0.2) is 0 Å². The Hall–Kier alpha value is -1.55. The lowest BCUT2D eigenvalue weighted by Crippen LogP contribution is -2.48. The Morgan fingerprint density at radius 1 is 1.22 bits per heavy atom. The Labute approximate surface area is 140 Å². The van der Waals surface area contributed by atoms with Crippen LogP contribution in [0.1, 0.15) is 46.1 Å². The lowest BCUT2D eigenvalue weighted by atomic mass is 9.71. The Morgan fingerprint density at radius 3 is 2.26 bits per heavy atom. The van der Waals surface area contributed by atoms with Crippen molar-refractivity contribution in [2.75, 3.05) is 27.8 Å². The molecule has 1 rings (SSSR count). The zero-order valence-electron chi connectivity index (χ0n) is 15.6. The molecule has 0 spiro atoms. The summed E-state index contributed by atoms with van der Waals surface area (Å²) in [5, 5.41) is 0. The average Bonchev–Trinajstić information content (AvgIpc) is 2.57. The molecule has 1 aromatic carbocycles. The Kier molecular flexibility index (Phi) is 7.07. The average molecular weight is 321 g/mol. The van der Waals surface area contributed by atoms with Gasteiger partial charge in [-0.1, -0.05) is 26.8 Å². The van der Waals surface area contributed by atoms with E-state index in [2.05, 4.69) is 38.8 Å². The molecule has 2 atom stereocenters. The van der Waals surface area contributed by atoms with Gasteiger partial charge in [0, 0.05) is 17.9 Å². The minimum atomic E-state index is -0.143. The third kappa shape index (κ3) is 4.25. The van der Waals surface area contributed by atoms with Crippen LogP contribution in [0.15, 0.2) is 18.2 Å². The molecule has 0 amide bonds. The summed E-state index contributed by atoms with van der Waals surface area (Å²) in [5.74, 6) is 1.67. The molecule has 0 heterocycles. The van der Waals surface area contributed by atoms with Crippen molar-refractivity contribution in [3.05, 3.63) is 23.8 Å². The first-order valence-electron chi connectivity index (χ1n) is 8.26. The SMILES string of the molecule is CCN(C)C(CC(C)=O)[C@](C)(CC)c1ccc(OC)c(OC)c1. The van der Waals surface area contributed by atoms with Gasteiger partial charge in [0.1, 0.15) is 5.78 Å². The van der Waals surface area contributed by atoms with Crippen LogP contribution in [0.4, 0.5) is 0 Å². The number of ketones is 1. The number of methoxy groups -OCH3 is 2. The highest BCUT2D eigenvalue weighted by Gasteiger charge is 2.37. The van der Waals surface area contributed by atoms with E-state index >= 15 is 0 Å². The van der Waals surface area contributed by atoms with Crippen LogP contribution in [0.25, 0.3) is 0 Å². The highest BCUT2D eigenvalue weighted by molar-refractivity contribution is 5.76. The number of likely N-dealkylation sites (N-methyl/N-ethyl adjacent to an activating group) is 1. The minimum Gasteiger partial charge on any atom is -0.493 e. The molecule has 0 fully saturated rings. The number of hydrogen-bond acceptors (Lipinski definition) is 4. The second-order valence-corrected chi connectivity index (χ2v) is 6.34. The van der Waals surface area contributed by atoms with E-state index in [4.69, 9.17) is 9.47 Å². The number of rotatable bonds is 9. The van der Waals surface area contributed by atoms with Crippen LogP contribution >= 0.6 is 0 Å². The van der Waals surface area contributed by atoms with Crippen molar-refractivity contribution in [1.82, 2.24) is 4.90 Å². The maximum Gasteiger partial charge on any atom is 0.161 e. The van der Waals surface area contributed by atoms with Crippen LogP contribution in [-0.2, 0) is 10.2 Å². The number of carbonyl (C=O) groups is 1. The predicted molar refractivity (Wildman–Crippen MR) is 94.6 cm³/mol. The molecule has 0 saturated heterocycles. The molecule has 0 aliphatic heterocycles. The number of carbonyl (C=O) groups excluding carboxylic acids is 1. The van der Waals surface area contributed by atoms with E-state index in [0.29, 0.717) is 6.42 Å². The standard InChI is InChI=1S/C19H31NO3/c1-8-19(4,18(12-14(3)21)20(5)9-2)15-10-11-16(22-6)17(13-15)23-7/h10-11,13,18H,8-9,12H2,1-7H3/t18?,19-/m1/s1. The molecule has 0 N–H and O–H groups in total. The Morgan fingerprint density at radius 2 is 1.83 bits per heavy atom. The molecule has 130 valence electrons. The third-order valence-electron chi connectivity index (χ3n) is 5.02. The summed E-state index contributed by atoms with van der Waals surface area (Å²) in [6, 6.07) is 6.22. The summed E-state index contributed by atoms with van der Waals surface area (Å²) >= 11 is 0. The molecule has 0 saturated carbocycles. The van der Waals surface area contributed by atoms with Gasteiger partial charge in [-0.05, 0) is 44.6 Å². The van der Waals surface area contributed by atoms with E-state index in [1.807, 2.05) is 12.1 Å². The summed E-state index contributed by atoms with van der Waals surface area (Å²) in [7, 11) is 5.37. The topological polar surface area (TPSA) is 38.8 Å². The fourth-order valence-corrected chi connectivity index (χ4v) is 3.18. The van der Waals surface area contributed by atoms with Crippen LogP contribution in [0.2, 0.25) is 0 Å². The zero-order valence-corrected chi connectivity index (χ0v) is 15.6. The fourth-order valence-electron chi connectivity index (χ4n) is 3.18. The van der Waals surface area contributed by atoms with Gasteiger partial charge in [0.25, 0.3) is 0 Å². The number of nitrogens with zero attached hydrogens (tertiary/aromatic N) is 1. The van der Waals surface area contributed by atoms with Gasteiger partial charge in [0.2, 0.25) is 0 Å². The largest absolute Gasteiger partial charge is 0.493 e. The van der Waals surface area contributed by atoms with E-state index < -0.39 is 0 Å². The van der Waals surface area contributed by atoms with Gasteiger partial charge in [-0.2, -0.15) is 0 Å². The summed E-state index contributed by atoms with van der Waals surface area (Å²) < 4.78 is 10.8. The van der Waals surface area contributed by atoms with Gasteiger partial charge in [0.15, 0.2) is 11.5 Å². The van der Waals surface area contributed by atoms with E-state index in [-0.39, 0.29) is 17.2 Å². The van der Waals surface area contributed by atoms with Crippen LogP contribution in [0, 0.1) is 0 Å². The van der Waals surface area contributed by atoms with Crippen molar-refractivity contribution in [2.24, 2.45) is 0 Å². The first-order chi connectivity index (χ1) is 10.8. The van der Waals surface area contributed by atoms with E-state index in [0.717, 1.165) is 24.5 Å². The first-order valence-corrected chi connectivity index (χ1v) is 8.26. The fraction of sp³-hybridized carbons (Fsp3) is 0.632. The van der Waals surface area contributed by atoms with Gasteiger partial charge in [-0.3, -0.25) is 4.79 Å². The van der Waals surface area contributed by atoms with Crippen molar-refractivity contribution >= 4 is 5.78 Å². The van der Waals surface area contributed by atoms with E-state index in [1.165, 1.54) is 5.56 Å². The van der Waals surface area contributed by atoms with Crippen LogP contribution in [-0.4, -0.2) is 44.5 Å². The van der Waals surface area contributed by atoms with Crippen LogP contribution in [0.3, 0.4) is 0 Å².